The van der Waals surface area contributed by atoms with Crippen LogP contribution in [0.1, 0.15) is 37.1 Å². The van der Waals surface area contributed by atoms with Gasteiger partial charge in [-0.05, 0) is 43.5 Å². The van der Waals surface area contributed by atoms with Crippen molar-refractivity contribution in [1.29, 1.82) is 0 Å². The largest absolute Gasteiger partial charge is 0.351 e. The van der Waals surface area contributed by atoms with Crippen LogP contribution in [-0.4, -0.2) is 75.0 Å². The number of aromatic amines is 1. The fourth-order valence-electron chi connectivity index (χ4n) is 4.58. The van der Waals surface area contributed by atoms with Gasteiger partial charge in [-0.25, -0.2) is 4.98 Å². The molecule has 0 saturated carbocycles. The van der Waals surface area contributed by atoms with Crippen LogP contribution in [0.5, 0.6) is 0 Å². The standard InChI is InChI=1S/C32H35N7O6/c1-20(30(43)35-21(2)31(44)37-24-10-6-9-23(16-24)15-22-7-4-3-5-8-22)36-32(45)26(17-25-18-33-19-34-25)38-27(40)13-14-39-28(41)11-12-29(39)42/h3-12,16,18-21,26H,13-15,17H2,1-2H3,(H,33,34)(H,35,43)(H,36,45)(H,37,44)(H,38,40)/t20-,21-,26-/m0/s1. The van der Waals surface area contributed by atoms with E-state index in [2.05, 4.69) is 31.2 Å². The molecule has 5 N–H and O–H groups in total. The highest BCUT2D eigenvalue weighted by Crippen LogP contribution is 2.15. The Labute approximate surface area is 259 Å². The van der Waals surface area contributed by atoms with Crippen molar-refractivity contribution in [2.24, 2.45) is 0 Å². The summed E-state index contributed by atoms with van der Waals surface area (Å²) < 4.78 is 0. The molecule has 0 unspecified atom stereocenters. The van der Waals surface area contributed by atoms with Crippen LogP contribution < -0.4 is 21.3 Å². The number of H-pyrrole nitrogens is 1. The van der Waals surface area contributed by atoms with Crippen LogP contribution in [0.25, 0.3) is 0 Å². The highest BCUT2D eigenvalue weighted by atomic mass is 16.2. The molecule has 0 radical (unpaired) electrons. The molecule has 234 valence electrons. The first-order chi connectivity index (χ1) is 21.6. The maximum absolute atomic E-state index is 13.2. The lowest BCUT2D eigenvalue weighted by Crippen LogP contribution is -2.55. The number of carbonyl (C=O) groups excluding carboxylic acids is 6. The molecule has 0 saturated heterocycles. The van der Waals surface area contributed by atoms with Gasteiger partial charge in [0.25, 0.3) is 11.8 Å². The average molecular weight is 614 g/mol. The van der Waals surface area contributed by atoms with Gasteiger partial charge in [-0.2, -0.15) is 0 Å². The van der Waals surface area contributed by atoms with Gasteiger partial charge in [-0.1, -0.05) is 42.5 Å². The van der Waals surface area contributed by atoms with Crippen molar-refractivity contribution in [3.8, 4) is 0 Å². The molecule has 1 aliphatic rings. The summed E-state index contributed by atoms with van der Waals surface area (Å²) in [6.07, 6.45) is 5.72. The van der Waals surface area contributed by atoms with E-state index < -0.39 is 53.6 Å². The quantitative estimate of drug-likeness (QED) is 0.168. The van der Waals surface area contributed by atoms with Gasteiger partial charge in [0.1, 0.15) is 18.1 Å². The van der Waals surface area contributed by atoms with Crippen LogP contribution in [0.2, 0.25) is 0 Å². The molecule has 1 aromatic heterocycles. The lowest BCUT2D eigenvalue weighted by Gasteiger charge is -2.22. The number of amides is 6. The zero-order chi connectivity index (χ0) is 32.3. The summed E-state index contributed by atoms with van der Waals surface area (Å²) in [5, 5.41) is 10.6. The zero-order valence-corrected chi connectivity index (χ0v) is 24.9. The summed E-state index contributed by atoms with van der Waals surface area (Å²) in [6, 6.07) is 14.3. The van der Waals surface area contributed by atoms with E-state index in [0.29, 0.717) is 17.8 Å². The minimum absolute atomic E-state index is 0.0146. The molecule has 3 atom stereocenters. The van der Waals surface area contributed by atoms with Crippen molar-refractivity contribution in [3.05, 3.63) is 96.1 Å². The summed E-state index contributed by atoms with van der Waals surface area (Å²) in [6.45, 7) is 2.83. The van der Waals surface area contributed by atoms with Gasteiger partial charge in [0.15, 0.2) is 0 Å². The number of anilines is 1. The number of imidazole rings is 1. The molecule has 0 aliphatic carbocycles. The number of aromatic nitrogens is 2. The van der Waals surface area contributed by atoms with E-state index in [9.17, 15) is 28.8 Å². The zero-order valence-electron chi connectivity index (χ0n) is 24.9. The number of nitrogens with one attached hydrogen (secondary N) is 5. The number of carbonyl (C=O) groups is 6. The Morgan fingerprint density at radius 3 is 2.18 bits per heavy atom. The Kier molecular flexibility index (Phi) is 10.9. The molecule has 2 heterocycles. The molecule has 0 bridgehead atoms. The van der Waals surface area contributed by atoms with E-state index in [0.717, 1.165) is 28.2 Å². The van der Waals surface area contributed by atoms with E-state index in [1.165, 1.54) is 20.2 Å². The van der Waals surface area contributed by atoms with Gasteiger partial charge in [-0.15, -0.1) is 0 Å². The minimum atomic E-state index is -1.11. The third-order valence-electron chi connectivity index (χ3n) is 7.03. The van der Waals surface area contributed by atoms with E-state index in [1.807, 2.05) is 48.5 Å². The van der Waals surface area contributed by atoms with Crippen LogP contribution in [0.3, 0.4) is 0 Å². The maximum atomic E-state index is 13.2. The molecule has 13 nitrogen and oxygen atoms in total. The second-order valence-corrected chi connectivity index (χ2v) is 10.6. The number of nitrogens with zero attached hydrogens (tertiary/aromatic N) is 2. The van der Waals surface area contributed by atoms with Crippen molar-refractivity contribution >= 4 is 41.1 Å². The van der Waals surface area contributed by atoms with Gasteiger partial charge in [0.2, 0.25) is 23.6 Å². The molecule has 4 rings (SSSR count). The number of rotatable bonds is 14. The van der Waals surface area contributed by atoms with Crippen LogP contribution in [0.4, 0.5) is 5.69 Å². The van der Waals surface area contributed by atoms with E-state index in [1.54, 1.807) is 12.3 Å². The van der Waals surface area contributed by atoms with Gasteiger partial charge in [-0.3, -0.25) is 33.7 Å². The Morgan fingerprint density at radius 2 is 1.49 bits per heavy atom. The van der Waals surface area contributed by atoms with Crippen LogP contribution >= 0.6 is 0 Å². The Bertz CT molecular complexity index is 1550. The predicted molar refractivity (Wildman–Crippen MR) is 164 cm³/mol. The maximum Gasteiger partial charge on any atom is 0.253 e. The van der Waals surface area contributed by atoms with Crippen molar-refractivity contribution in [1.82, 2.24) is 30.8 Å². The van der Waals surface area contributed by atoms with Gasteiger partial charge in [0.05, 0.1) is 12.0 Å². The summed E-state index contributed by atoms with van der Waals surface area (Å²) in [7, 11) is 0. The highest BCUT2D eigenvalue weighted by Gasteiger charge is 2.28. The fourth-order valence-corrected chi connectivity index (χ4v) is 4.58. The summed E-state index contributed by atoms with van der Waals surface area (Å²) >= 11 is 0. The molecular formula is C32H35N7O6. The normalized spacial score (nSPS) is 14.4. The second-order valence-electron chi connectivity index (χ2n) is 10.6. The first-order valence-electron chi connectivity index (χ1n) is 14.4. The van der Waals surface area contributed by atoms with Gasteiger partial charge in [0, 0.05) is 43.4 Å². The summed E-state index contributed by atoms with van der Waals surface area (Å²) in [5.41, 5.74) is 3.22. The molecule has 45 heavy (non-hydrogen) atoms. The summed E-state index contributed by atoms with van der Waals surface area (Å²) in [4.78, 5) is 82.8. The molecule has 6 amide bonds. The second kappa shape index (κ2) is 15.2. The number of hydrogen-bond donors (Lipinski definition) is 5. The highest BCUT2D eigenvalue weighted by molar-refractivity contribution is 6.13. The topological polar surface area (TPSA) is 182 Å². The van der Waals surface area contributed by atoms with Crippen molar-refractivity contribution in [3.63, 3.8) is 0 Å². The molecule has 3 aromatic rings. The van der Waals surface area contributed by atoms with Gasteiger partial charge < -0.3 is 26.3 Å². The third kappa shape index (κ3) is 9.45. The summed E-state index contributed by atoms with van der Waals surface area (Å²) in [5.74, 6) is -3.31. The monoisotopic (exact) mass is 613 g/mol. The van der Waals surface area contributed by atoms with E-state index in [4.69, 9.17) is 0 Å². The third-order valence-corrected chi connectivity index (χ3v) is 7.03. The number of benzene rings is 2. The van der Waals surface area contributed by atoms with Gasteiger partial charge >= 0.3 is 0 Å². The fraction of sp³-hybridized carbons (Fsp3) is 0.281. The predicted octanol–water partition coefficient (Wildman–Crippen LogP) is 0.991. The first-order valence-corrected chi connectivity index (χ1v) is 14.4. The average Bonchev–Trinajstić information content (AvgIpc) is 3.65. The molecule has 2 aromatic carbocycles. The molecule has 1 aliphatic heterocycles. The number of hydrogen-bond acceptors (Lipinski definition) is 7. The molecule has 0 spiro atoms. The van der Waals surface area contributed by atoms with Crippen molar-refractivity contribution < 1.29 is 28.8 Å². The Balaban J connectivity index is 1.29. The van der Waals surface area contributed by atoms with Crippen LogP contribution in [0.15, 0.2) is 79.3 Å². The minimum Gasteiger partial charge on any atom is -0.351 e. The lowest BCUT2D eigenvalue weighted by molar-refractivity contribution is -0.137. The van der Waals surface area contributed by atoms with Crippen LogP contribution in [-0.2, 0) is 41.6 Å². The van der Waals surface area contributed by atoms with E-state index in [-0.39, 0.29) is 19.4 Å². The lowest BCUT2D eigenvalue weighted by atomic mass is 10.0. The van der Waals surface area contributed by atoms with E-state index >= 15 is 0 Å². The first kappa shape index (κ1) is 32.3. The van der Waals surface area contributed by atoms with Crippen molar-refractivity contribution in [2.45, 2.75) is 51.2 Å². The molecular weight excluding hydrogens is 578 g/mol. The number of imide groups is 1. The van der Waals surface area contributed by atoms with Crippen molar-refractivity contribution in [2.75, 3.05) is 11.9 Å². The Morgan fingerprint density at radius 1 is 0.822 bits per heavy atom. The molecule has 13 heteroatoms. The SMILES string of the molecule is C[C@H](NC(=O)[C@H](C)NC(=O)[C@H](Cc1c[nH]cn1)NC(=O)CCN1C(=O)C=CC1=O)C(=O)Nc1cccc(Cc2ccccc2)c1. The van der Waals surface area contributed by atoms with Crippen LogP contribution in [0, 0.1) is 0 Å². The Hall–Kier alpha value is -5.59. The molecule has 0 fully saturated rings. The smallest absolute Gasteiger partial charge is 0.253 e.